The van der Waals surface area contributed by atoms with Crippen molar-refractivity contribution in [2.24, 2.45) is 0 Å². The van der Waals surface area contributed by atoms with Crippen LogP contribution in [-0.2, 0) is 6.54 Å². The molecule has 4 nitrogen and oxygen atoms in total. The van der Waals surface area contributed by atoms with Crippen molar-refractivity contribution in [3.63, 3.8) is 0 Å². The maximum absolute atomic E-state index is 13.8. The van der Waals surface area contributed by atoms with E-state index in [1.54, 1.807) is 6.07 Å². The number of anilines is 1. The van der Waals surface area contributed by atoms with Crippen LogP contribution in [-0.4, -0.2) is 31.1 Å². The van der Waals surface area contributed by atoms with E-state index in [9.17, 15) is 13.6 Å². The van der Waals surface area contributed by atoms with E-state index in [0.29, 0.717) is 23.7 Å². The fraction of sp³-hybridized carbons (Fsp3) is 0.458. The molecule has 2 fully saturated rings. The number of nitrogens with zero attached hydrogens (tertiary/aromatic N) is 1. The second-order valence-corrected chi connectivity index (χ2v) is 8.36. The molecule has 2 aromatic rings. The van der Waals surface area contributed by atoms with E-state index >= 15 is 0 Å². The summed E-state index contributed by atoms with van der Waals surface area (Å²) in [6, 6.07) is 12.7. The van der Waals surface area contributed by atoms with Crippen LogP contribution in [0.25, 0.3) is 0 Å². The van der Waals surface area contributed by atoms with Crippen LogP contribution in [0, 0.1) is 11.6 Å². The molecule has 1 amide bonds. The number of benzene rings is 2. The predicted octanol–water partition coefficient (Wildman–Crippen LogP) is 4.40. The van der Waals surface area contributed by atoms with Gasteiger partial charge in [0.1, 0.15) is 0 Å². The van der Waals surface area contributed by atoms with E-state index < -0.39 is 11.6 Å². The van der Waals surface area contributed by atoms with E-state index in [1.807, 2.05) is 24.3 Å². The van der Waals surface area contributed by atoms with Gasteiger partial charge in [0, 0.05) is 48.5 Å². The van der Waals surface area contributed by atoms with Crippen molar-refractivity contribution in [2.45, 2.75) is 57.2 Å². The molecule has 4 rings (SSSR count). The van der Waals surface area contributed by atoms with Gasteiger partial charge in [-0.15, -0.1) is 0 Å². The fourth-order valence-corrected chi connectivity index (χ4v) is 4.44. The average molecular weight is 414 g/mol. The lowest BCUT2D eigenvalue weighted by atomic mass is 10.0. The third kappa shape index (κ3) is 4.98. The van der Waals surface area contributed by atoms with Gasteiger partial charge < -0.3 is 15.5 Å². The molecule has 2 aromatic carbocycles. The minimum absolute atomic E-state index is 0.0148. The van der Waals surface area contributed by atoms with Crippen molar-refractivity contribution in [1.82, 2.24) is 10.6 Å². The molecule has 1 saturated heterocycles. The van der Waals surface area contributed by atoms with Crippen molar-refractivity contribution in [1.29, 1.82) is 0 Å². The summed E-state index contributed by atoms with van der Waals surface area (Å²) in [5.74, 6) is -1.55. The fourth-order valence-electron chi connectivity index (χ4n) is 4.44. The zero-order valence-electron chi connectivity index (χ0n) is 17.2. The van der Waals surface area contributed by atoms with Gasteiger partial charge in [-0.25, -0.2) is 8.78 Å². The number of amides is 1. The number of carbonyl (C=O) groups excluding carboxylic acids is 1. The number of piperidine rings is 1. The van der Waals surface area contributed by atoms with Gasteiger partial charge in [0.25, 0.3) is 5.91 Å². The molecule has 6 heteroatoms. The standard InChI is InChI=1S/C24H29F2N3O/c25-22-7-3-4-18(23(22)26)16-27-19-12-14-29(15-13-19)21-10-8-17(9-11-21)24(30)28-20-5-1-2-6-20/h3-4,7-11,19-20,27H,1-2,5-6,12-16H2,(H,28,30). The Kier molecular flexibility index (Phi) is 6.62. The monoisotopic (exact) mass is 413 g/mol. The molecule has 1 heterocycles. The summed E-state index contributed by atoms with van der Waals surface area (Å²) in [5, 5.41) is 6.47. The first-order valence-corrected chi connectivity index (χ1v) is 10.9. The SMILES string of the molecule is O=C(NC1CCCC1)c1ccc(N2CCC(NCc3cccc(F)c3F)CC2)cc1. The van der Waals surface area contributed by atoms with Gasteiger partial charge in [0.05, 0.1) is 0 Å². The lowest BCUT2D eigenvalue weighted by Crippen LogP contribution is -2.42. The molecule has 2 aliphatic rings. The van der Waals surface area contributed by atoms with Gasteiger partial charge in [-0.05, 0) is 56.0 Å². The largest absolute Gasteiger partial charge is 0.371 e. The minimum Gasteiger partial charge on any atom is -0.371 e. The molecule has 0 spiro atoms. The molecule has 1 aliphatic carbocycles. The summed E-state index contributed by atoms with van der Waals surface area (Å²) < 4.78 is 27.1. The Morgan fingerprint density at radius 1 is 0.933 bits per heavy atom. The number of hydrogen-bond donors (Lipinski definition) is 2. The smallest absolute Gasteiger partial charge is 0.251 e. The average Bonchev–Trinajstić information content (AvgIpc) is 3.28. The Morgan fingerprint density at radius 3 is 2.33 bits per heavy atom. The van der Waals surface area contributed by atoms with Crippen molar-refractivity contribution >= 4 is 11.6 Å². The Hall–Kier alpha value is -2.47. The van der Waals surface area contributed by atoms with Crippen LogP contribution in [0.5, 0.6) is 0 Å². The molecule has 0 radical (unpaired) electrons. The molecule has 1 saturated carbocycles. The maximum Gasteiger partial charge on any atom is 0.251 e. The molecule has 160 valence electrons. The lowest BCUT2D eigenvalue weighted by molar-refractivity contribution is 0.0938. The van der Waals surface area contributed by atoms with Crippen molar-refractivity contribution in [3.05, 3.63) is 65.2 Å². The van der Waals surface area contributed by atoms with Crippen LogP contribution < -0.4 is 15.5 Å². The number of nitrogens with one attached hydrogen (secondary N) is 2. The highest BCUT2D eigenvalue weighted by atomic mass is 19.2. The van der Waals surface area contributed by atoms with E-state index in [2.05, 4.69) is 15.5 Å². The van der Waals surface area contributed by atoms with E-state index in [-0.39, 0.29) is 11.9 Å². The first kappa shape index (κ1) is 20.8. The third-order valence-corrected chi connectivity index (χ3v) is 6.29. The predicted molar refractivity (Wildman–Crippen MR) is 115 cm³/mol. The summed E-state index contributed by atoms with van der Waals surface area (Å²) in [4.78, 5) is 14.7. The number of rotatable bonds is 6. The van der Waals surface area contributed by atoms with Gasteiger partial charge >= 0.3 is 0 Å². The van der Waals surface area contributed by atoms with Gasteiger partial charge in [-0.1, -0.05) is 25.0 Å². The molecule has 0 bridgehead atoms. The van der Waals surface area contributed by atoms with Gasteiger partial charge in [0.15, 0.2) is 11.6 Å². The summed E-state index contributed by atoms with van der Waals surface area (Å²) in [6.45, 7) is 2.10. The quantitative estimate of drug-likeness (QED) is 0.738. The summed E-state index contributed by atoms with van der Waals surface area (Å²) in [5.41, 5.74) is 2.19. The number of hydrogen-bond acceptors (Lipinski definition) is 3. The third-order valence-electron chi connectivity index (χ3n) is 6.29. The van der Waals surface area contributed by atoms with Gasteiger partial charge in [-0.3, -0.25) is 4.79 Å². The zero-order chi connectivity index (χ0) is 20.9. The molecular formula is C24H29F2N3O. The minimum atomic E-state index is -0.801. The highest BCUT2D eigenvalue weighted by Gasteiger charge is 2.21. The van der Waals surface area contributed by atoms with Crippen LogP contribution >= 0.6 is 0 Å². The van der Waals surface area contributed by atoms with Crippen molar-refractivity contribution in [2.75, 3.05) is 18.0 Å². The highest BCUT2D eigenvalue weighted by molar-refractivity contribution is 5.94. The van der Waals surface area contributed by atoms with Crippen molar-refractivity contribution in [3.8, 4) is 0 Å². The molecule has 0 atom stereocenters. The van der Waals surface area contributed by atoms with Crippen LogP contribution in [0.4, 0.5) is 14.5 Å². The Balaban J connectivity index is 1.25. The maximum atomic E-state index is 13.8. The summed E-state index contributed by atoms with van der Waals surface area (Å²) in [6.07, 6.45) is 6.43. The van der Waals surface area contributed by atoms with Crippen LogP contribution in [0.1, 0.15) is 54.4 Å². The topological polar surface area (TPSA) is 44.4 Å². The van der Waals surface area contributed by atoms with E-state index in [1.165, 1.54) is 18.9 Å². The molecule has 0 unspecified atom stereocenters. The van der Waals surface area contributed by atoms with Crippen LogP contribution in [0.3, 0.4) is 0 Å². The molecule has 0 aromatic heterocycles. The Bertz CT molecular complexity index is 857. The number of halogens is 2. The second-order valence-electron chi connectivity index (χ2n) is 8.36. The highest BCUT2D eigenvalue weighted by Crippen LogP contribution is 2.22. The Labute approximate surface area is 176 Å². The van der Waals surface area contributed by atoms with Gasteiger partial charge in [0.2, 0.25) is 0 Å². The molecule has 30 heavy (non-hydrogen) atoms. The summed E-state index contributed by atoms with van der Waals surface area (Å²) >= 11 is 0. The molecule has 1 aliphatic heterocycles. The first-order chi connectivity index (χ1) is 14.6. The van der Waals surface area contributed by atoms with Gasteiger partial charge in [-0.2, -0.15) is 0 Å². The lowest BCUT2D eigenvalue weighted by Gasteiger charge is -2.34. The van der Waals surface area contributed by atoms with E-state index in [4.69, 9.17) is 0 Å². The van der Waals surface area contributed by atoms with Crippen molar-refractivity contribution < 1.29 is 13.6 Å². The first-order valence-electron chi connectivity index (χ1n) is 10.9. The van der Waals surface area contributed by atoms with Crippen LogP contribution in [0.2, 0.25) is 0 Å². The molecule has 2 N–H and O–H groups in total. The van der Waals surface area contributed by atoms with E-state index in [0.717, 1.165) is 50.5 Å². The zero-order valence-corrected chi connectivity index (χ0v) is 17.2. The van der Waals surface area contributed by atoms with Crippen LogP contribution in [0.15, 0.2) is 42.5 Å². The second kappa shape index (κ2) is 9.56. The number of carbonyl (C=O) groups is 1. The summed E-state index contributed by atoms with van der Waals surface area (Å²) in [7, 11) is 0. The molecular weight excluding hydrogens is 384 g/mol. The Morgan fingerprint density at radius 2 is 1.63 bits per heavy atom. The normalized spacial score (nSPS) is 18.0.